The third-order valence-corrected chi connectivity index (χ3v) is 6.46. The SMILES string of the molecule is CC1(C)CCSCC1(O)Cc1nc2ccccc2s1. The molecule has 0 saturated carbocycles. The fourth-order valence-corrected chi connectivity index (χ4v) is 5.24. The third kappa shape index (κ3) is 2.41. The summed E-state index contributed by atoms with van der Waals surface area (Å²) in [6.45, 7) is 4.36. The van der Waals surface area contributed by atoms with Crippen molar-refractivity contribution in [3.05, 3.63) is 29.3 Å². The van der Waals surface area contributed by atoms with E-state index in [9.17, 15) is 5.11 Å². The van der Waals surface area contributed by atoms with Crippen molar-refractivity contribution in [1.29, 1.82) is 0 Å². The summed E-state index contributed by atoms with van der Waals surface area (Å²) in [4.78, 5) is 4.67. The zero-order chi connectivity index (χ0) is 13.5. The van der Waals surface area contributed by atoms with E-state index in [1.54, 1.807) is 11.3 Å². The Morgan fingerprint density at radius 3 is 2.84 bits per heavy atom. The molecule has 1 saturated heterocycles. The van der Waals surface area contributed by atoms with Gasteiger partial charge in [0.1, 0.15) is 0 Å². The van der Waals surface area contributed by atoms with Crippen molar-refractivity contribution in [2.24, 2.45) is 5.41 Å². The second-order valence-electron chi connectivity index (χ2n) is 5.97. The molecule has 1 aliphatic heterocycles. The van der Waals surface area contributed by atoms with Gasteiger partial charge in [0.15, 0.2) is 0 Å². The lowest BCUT2D eigenvalue weighted by Gasteiger charge is -2.45. The predicted octanol–water partition coefficient (Wildman–Crippen LogP) is 3.73. The lowest BCUT2D eigenvalue weighted by molar-refractivity contribution is -0.0512. The Hall–Kier alpha value is -0.580. The Bertz CT molecular complexity index is 560. The number of hydrogen-bond acceptors (Lipinski definition) is 4. The number of rotatable bonds is 2. The van der Waals surface area contributed by atoms with Gasteiger partial charge >= 0.3 is 0 Å². The number of thiazole rings is 1. The molecule has 2 nitrogen and oxygen atoms in total. The predicted molar refractivity (Wildman–Crippen MR) is 84.0 cm³/mol. The standard InChI is InChI=1S/C15H19NOS2/c1-14(2)7-8-18-10-15(14,17)9-13-16-11-5-3-4-6-12(11)19-13/h3-6,17H,7-10H2,1-2H3. The van der Waals surface area contributed by atoms with Crippen LogP contribution >= 0.6 is 23.1 Å². The number of aliphatic hydroxyl groups is 1. The van der Waals surface area contributed by atoms with Crippen molar-refractivity contribution >= 4 is 33.3 Å². The average molecular weight is 293 g/mol. The van der Waals surface area contributed by atoms with Gasteiger partial charge < -0.3 is 5.11 Å². The van der Waals surface area contributed by atoms with Gasteiger partial charge in [-0.2, -0.15) is 11.8 Å². The van der Waals surface area contributed by atoms with E-state index in [1.807, 2.05) is 30.0 Å². The van der Waals surface area contributed by atoms with E-state index in [0.29, 0.717) is 6.42 Å². The molecule has 4 heteroatoms. The molecule has 102 valence electrons. The van der Waals surface area contributed by atoms with Crippen LogP contribution in [0.25, 0.3) is 10.2 Å². The number of benzene rings is 1. The van der Waals surface area contributed by atoms with Crippen LogP contribution in [0.15, 0.2) is 24.3 Å². The Morgan fingerprint density at radius 1 is 1.32 bits per heavy atom. The first-order valence-corrected chi connectivity index (χ1v) is 8.62. The fourth-order valence-electron chi connectivity index (χ4n) is 2.53. The van der Waals surface area contributed by atoms with Crippen molar-refractivity contribution in [2.75, 3.05) is 11.5 Å². The van der Waals surface area contributed by atoms with E-state index < -0.39 is 5.60 Å². The lowest BCUT2D eigenvalue weighted by Crippen LogP contribution is -2.51. The van der Waals surface area contributed by atoms with Crippen LogP contribution in [0, 0.1) is 5.41 Å². The first-order chi connectivity index (χ1) is 9.00. The van der Waals surface area contributed by atoms with Crippen LogP contribution in [0.1, 0.15) is 25.3 Å². The summed E-state index contributed by atoms with van der Waals surface area (Å²) >= 11 is 3.57. The largest absolute Gasteiger partial charge is 0.388 e. The summed E-state index contributed by atoms with van der Waals surface area (Å²) in [6.07, 6.45) is 1.74. The van der Waals surface area contributed by atoms with Crippen molar-refractivity contribution in [3.8, 4) is 0 Å². The van der Waals surface area contributed by atoms with E-state index in [1.165, 1.54) is 4.70 Å². The molecule has 1 N–H and O–H groups in total. The van der Waals surface area contributed by atoms with Crippen LogP contribution in [-0.2, 0) is 6.42 Å². The highest BCUT2D eigenvalue weighted by atomic mass is 32.2. The van der Waals surface area contributed by atoms with Gasteiger partial charge in [0.05, 0.1) is 20.8 Å². The molecular weight excluding hydrogens is 274 g/mol. The first-order valence-electron chi connectivity index (χ1n) is 6.65. The number of hydrogen-bond donors (Lipinski definition) is 1. The quantitative estimate of drug-likeness (QED) is 0.916. The van der Waals surface area contributed by atoms with E-state index in [0.717, 1.165) is 28.5 Å². The summed E-state index contributed by atoms with van der Waals surface area (Å²) in [7, 11) is 0. The molecule has 19 heavy (non-hydrogen) atoms. The van der Waals surface area contributed by atoms with Gasteiger partial charge in [0.25, 0.3) is 0 Å². The molecule has 2 heterocycles. The van der Waals surface area contributed by atoms with Crippen LogP contribution in [0.5, 0.6) is 0 Å². The molecule has 0 bridgehead atoms. The van der Waals surface area contributed by atoms with Crippen LogP contribution in [0.2, 0.25) is 0 Å². The molecule has 1 unspecified atom stereocenters. The Morgan fingerprint density at radius 2 is 2.11 bits per heavy atom. The molecule has 1 aromatic heterocycles. The maximum atomic E-state index is 11.0. The van der Waals surface area contributed by atoms with Crippen molar-refractivity contribution in [2.45, 2.75) is 32.3 Å². The number of thioether (sulfide) groups is 1. The van der Waals surface area contributed by atoms with E-state index in [-0.39, 0.29) is 5.41 Å². The highest BCUT2D eigenvalue weighted by molar-refractivity contribution is 7.99. The average Bonchev–Trinajstić information content (AvgIpc) is 2.75. The normalized spacial score (nSPS) is 26.7. The molecule has 1 aromatic carbocycles. The van der Waals surface area contributed by atoms with E-state index in [4.69, 9.17) is 0 Å². The molecule has 1 fully saturated rings. The van der Waals surface area contributed by atoms with E-state index >= 15 is 0 Å². The lowest BCUT2D eigenvalue weighted by atomic mass is 9.72. The van der Waals surface area contributed by atoms with Gasteiger partial charge in [0.2, 0.25) is 0 Å². The molecule has 0 radical (unpaired) electrons. The number of para-hydroxylation sites is 1. The minimum absolute atomic E-state index is 0.0316. The second kappa shape index (κ2) is 4.76. The van der Waals surface area contributed by atoms with Gasteiger partial charge in [-0.15, -0.1) is 11.3 Å². The number of nitrogens with zero attached hydrogens (tertiary/aromatic N) is 1. The third-order valence-electron chi connectivity index (χ3n) is 4.25. The molecule has 1 atom stereocenters. The van der Waals surface area contributed by atoms with E-state index in [2.05, 4.69) is 24.9 Å². The molecule has 0 spiro atoms. The van der Waals surface area contributed by atoms with Crippen LogP contribution < -0.4 is 0 Å². The number of fused-ring (bicyclic) bond motifs is 1. The molecule has 1 aliphatic rings. The van der Waals surface area contributed by atoms with Gasteiger partial charge in [-0.05, 0) is 29.7 Å². The van der Waals surface area contributed by atoms with Crippen molar-refractivity contribution in [1.82, 2.24) is 4.98 Å². The minimum atomic E-state index is -0.635. The van der Waals surface area contributed by atoms with Crippen LogP contribution in [0.3, 0.4) is 0 Å². The topological polar surface area (TPSA) is 33.1 Å². The smallest absolute Gasteiger partial charge is 0.0967 e. The van der Waals surface area contributed by atoms with Gasteiger partial charge in [-0.1, -0.05) is 26.0 Å². The zero-order valence-electron chi connectivity index (χ0n) is 11.3. The van der Waals surface area contributed by atoms with Crippen LogP contribution in [0.4, 0.5) is 0 Å². The maximum absolute atomic E-state index is 11.0. The van der Waals surface area contributed by atoms with Gasteiger partial charge in [-0.3, -0.25) is 0 Å². The molecule has 2 aromatic rings. The molecule has 0 aliphatic carbocycles. The minimum Gasteiger partial charge on any atom is -0.388 e. The highest BCUT2D eigenvalue weighted by Crippen LogP contribution is 2.44. The van der Waals surface area contributed by atoms with Crippen LogP contribution in [-0.4, -0.2) is 27.2 Å². The Labute approximate surface area is 122 Å². The summed E-state index contributed by atoms with van der Waals surface area (Å²) in [6, 6.07) is 8.20. The molecule has 3 rings (SSSR count). The highest BCUT2D eigenvalue weighted by Gasteiger charge is 2.46. The summed E-state index contributed by atoms with van der Waals surface area (Å²) < 4.78 is 1.21. The summed E-state index contributed by atoms with van der Waals surface area (Å²) in [5.74, 6) is 1.96. The molecular formula is C15H19NOS2. The van der Waals surface area contributed by atoms with Crippen molar-refractivity contribution in [3.63, 3.8) is 0 Å². The monoisotopic (exact) mass is 293 g/mol. The summed E-state index contributed by atoms with van der Waals surface area (Å²) in [5, 5.41) is 12.1. The second-order valence-corrected chi connectivity index (χ2v) is 8.19. The molecule has 0 amide bonds. The maximum Gasteiger partial charge on any atom is 0.0967 e. The van der Waals surface area contributed by atoms with Gasteiger partial charge in [0, 0.05) is 12.2 Å². The zero-order valence-corrected chi connectivity index (χ0v) is 13.0. The van der Waals surface area contributed by atoms with Gasteiger partial charge in [-0.25, -0.2) is 4.98 Å². The Balaban J connectivity index is 1.91. The fraction of sp³-hybridized carbons (Fsp3) is 0.533. The summed E-state index contributed by atoms with van der Waals surface area (Å²) in [5.41, 5.74) is 0.382. The Kier molecular flexibility index (Phi) is 3.36. The van der Waals surface area contributed by atoms with Crippen molar-refractivity contribution < 1.29 is 5.11 Å². The number of aromatic nitrogens is 1. The first kappa shape index (κ1) is 13.4.